The van der Waals surface area contributed by atoms with E-state index in [2.05, 4.69) is 5.43 Å². The number of hydrogen-bond donors (Lipinski definition) is 2. The highest BCUT2D eigenvalue weighted by Gasteiger charge is 2.70. The number of methoxy groups -OCH3 is 2. The fraction of sp³-hybridized carbons (Fsp3) is 0.250. The average Bonchev–Trinajstić information content (AvgIpc) is 3.54. The number of carbonyl (C=O) groups is 4. The lowest BCUT2D eigenvalue weighted by Crippen LogP contribution is -2.53. The van der Waals surface area contributed by atoms with Gasteiger partial charge in [-0.3, -0.25) is 29.5 Å². The van der Waals surface area contributed by atoms with Crippen LogP contribution in [0.2, 0.25) is 10.0 Å². The minimum Gasteiger partial charge on any atom is -0.504 e. The summed E-state index contributed by atoms with van der Waals surface area (Å²) in [6, 6.07) is 24.1. The molecule has 10 nitrogen and oxygen atoms in total. The van der Waals surface area contributed by atoms with Crippen LogP contribution in [0.3, 0.4) is 0 Å². The van der Waals surface area contributed by atoms with Crippen molar-refractivity contribution < 1.29 is 33.8 Å². The fourth-order valence-corrected chi connectivity index (χ4v) is 10.0. The lowest BCUT2D eigenvalue weighted by atomic mass is 9.49. The first-order valence-electron chi connectivity index (χ1n) is 16.9. The first-order chi connectivity index (χ1) is 25.5. The van der Waals surface area contributed by atoms with Gasteiger partial charge in [-0.2, -0.15) is 5.01 Å². The second-order valence-corrected chi connectivity index (χ2v) is 15.6. The van der Waals surface area contributed by atoms with E-state index in [9.17, 15) is 19.5 Å². The number of halogens is 3. The molecule has 3 fully saturated rings. The van der Waals surface area contributed by atoms with E-state index in [0.717, 1.165) is 10.6 Å². The second kappa shape index (κ2) is 13.4. The predicted molar refractivity (Wildman–Crippen MR) is 207 cm³/mol. The topological polar surface area (TPSA) is 125 Å². The van der Waals surface area contributed by atoms with Gasteiger partial charge in [0.15, 0.2) is 11.5 Å². The number of hydrazine groups is 1. The molecular weight excluding hydrogens is 832 g/mol. The number of rotatable bonds is 7. The van der Waals surface area contributed by atoms with Crippen molar-refractivity contribution in [2.75, 3.05) is 24.5 Å². The molecule has 2 heterocycles. The van der Waals surface area contributed by atoms with Crippen molar-refractivity contribution in [1.82, 2.24) is 5.01 Å². The number of allylic oxidation sites excluding steroid dienone is 2. The first kappa shape index (κ1) is 35.4. The number of benzene rings is 4. The quantitative estimate of drug-likeness (QED) is 0.111. The van der Waals surface area contributed by atoms with Crippen molar-refractivity contribution in [3.8, 4) is 17.2 Å². The van der Waals surface area contributed by atoms with Gasteiger partial charge < -0.3 is 14.6 Å². The Hall–Kier alpha value is -4.59. The maximum Gasteiger partial charge on any atom is 0.260 e. The van der Waals surface area contributed by atoms with Crippen LogP contribution in [0.1, 0.15) is 29.9 Å². The Morgan fingerprint density at radius 2 is 1.60 bits per heavy atom. The summed E-state index contributed by atoms with van der Waals surface area (Å²) in [4.78, 5) is 60.2. The largest absolute Gasteiger partial charge is 0.504 e. The standard InChI is InChI=1S/C40H32Cl2IN3O7/c1-52-24-11-8-21(9-12-24)40-28(37(49)46(39(40)51)44-31-15-10-22(41)18-29(31)42)19-27-25(34(40)20-16-30(43)35(47)32(17-20)53-2)13-14-26-33(27)38(50)45(36(26)48)23-6-4-3-5-7-23/h3-13,15-18,26-28,33-34,44,47H,14,19H2,1-2H3/t26-,27+,28-,33-,34-,40+/m0/s1. The van der Waals surface area contributed by atoms with Gasteiger partial charge in [-0.25, -0.2) is 0 Å². The van der Waals surface area contributed by atoms with Crippen LogP contribution in [0.15, 0.2) is 96.6 Å². The molecule has 13 heteroatoms. The molecule has 1 saturated carbocycles. The zero-order valence-corrected chi connectivity index (χ0v) is 32.1. The Kier molecular flexibility index (Phi) is 8.94. The smallest absolute Gasteiger partial charge is 0.260 e. The van der Waals surface area contributed by atoms with E-state index in [-0.39, 0.29) is 41.2 Å². The highest BCUT2D eigenvalue weighted by atomic mass is 127. The summed E-state index contributed by atoms with van der Waals surface area (Å²) < 4.78 is 11.6. The number of para-hydroxylation sites is 1. The number of ether oxygens (including phenoxy) is 2. The Labute approximate surface area is 328 Å². The van der Waals surface area contributed by atoms with E-state index in [1.165, 1.54) is 18.1 Å². The van der Waals surface area contributed by atoms with E-state index in [1.54, 1.807) is 79.9 Å². The number of aromatic hydroxyl groups is 1. The van der Waals surface area contributed by atoms with Crippen LogP contribution >= 0.6 is 45.8 Å². The monoisotopic (exact) mass is 863 g/mol. The summed E-state index contributed by atoms with van der Waals surface area (Å²) in [6.07, 6.45) is 2.36. The SMILES string of the molecule is COc1ccc([C@@]23C(=O)N(Nc4ccc(Cl)cc4Cl)C(=O)[C@@H]2C[C@@H]2C(=CC[C@@H]4C(=O)N(c5ccccc5)C(=O)[C@@H]42)[C@@H]3c2cc(I)c(O)c(OC)c2)cc1. The predicted octanol–water partition coefficient (Wildman–Crippen LogP) is 7.51. The Bertz CT molecular complexity index is 2230. The van der Waals surface area contributed by atoms with Crippen LogP contribution in [-0.4, -0.2) is 48.0 Å². The molecule has 8 rings (SSSR count). The third-order valence-electron chi connectivity index (χ3n) is 11.2. The van der Waals surface area contributed by atoms with Gasteiger partial charge in [0.25, 0.3) is 11.8 Å². The number of carbonyl (C=O) groups excluding carboxylic acids is 4. The minimum atomic E-state index is -1.56. The van der Waals surface area contributed by atoms with Crippen LogP contribution in [-0.2, 0) is 24.6 Å². The van der Waals surface area contributed by atoms with Crippen molar-refractivity contribution in [2.24, 2.45) is 23.7 Å². The van der Waals surface area contributed by atoms with Crippen LogP contribution in [0, 0.1) is 27.2 Å². The van der Waals surface area contributed by atoms with E-state index < -0.39 is 46.8 Å². The number of amides is 4. The molecule has 0 spiro atoms. The lowest BCUT2D eigenvalue weighted by molar-refractivity contribution is -0.138. The molecular formula is C40H32Cl2IN3O7. The minimum absolute atomic E-state index is 0.0680. The molecule has 0 radical (unpaired) electrons. The van der Waals surface area contributed by atoms with Gasteiger partial charge in [0, 0.05) is 10.9 Å². The molecule has 4 aromatic rings. The average molecular weight is 865 g/mol. The summed E-state index contributed by atoms with van der Waals surface area (Å²) in [5, 5.41) is 12.5. The van der Waals surface area contributed by atoms with Crippen molar-refractivity contribution in [3.05, 3.63) is 121 Å². The molecule has 2 N–H and O–H groups in total. The fourth-order valence-electron chi connectivity index (χ4n) is 8.97. The zero-order valence-electron chi connectivity index (χ0n) is 28.4. The maximum absolute atomic E-state index is 15.5. The van der Waals surface area contributed by atoms with Crippen LogP contribution < -0.4 is 19.8 Å². The van der Waals surface area contributed by atoms with Crippen molar-refractivity contribution >= 4 is 80.8 Å². The summed E-state index contributed by atoms with van der Waals surface area (Å²) in [5.74, 6) is -4.82. The molecule has 4 aliphatic rings. The molecule has 0 aromatic heterocycles. The molecule has 0 bridgehead atoms. The number of fused-ring (bicyclic) bond motifs is 4. The van der Waals surface area contributed by atoms with Crippen molar-refractivity contribution in [3.63, 3.8) is 0 Å². The maximum atomic E-state index is 15.5. The molecule has 53 heavy (non-hydrogen) atoms. The summed E-state index contributed by atoms with van der Waals surface area (Å²) in [5.41, 5.74) is 4.15. The van der Waals surface area contributed by atoms with Gasteiger partial charge in [0.05, 0.1) is 57.4 Å². The molecule has 4 amide bonds. The molecule has 4 aromatic carbocycles. The number of imide groups is 2. The van der Waals surface area contributed by atoms with Gasteiger partial charge in [0.1, 0.15) is 5.75 Å². The molecule has 0 unspecified atom stereocenters. The molecule has 270 valence electrons. The summed E-state index contributed by atoms with van der Waals surface area (Å²) in [6.45, 7) is 0. The highest BCUT2D eigenvalue weighted by molar-refractivity contribution is 14.1. The zero-order chi connectivity index (χ0) is 37.3. The summed E-state index contributed by atoms with van der Waals surface area (Å²) >= 11 is 14.7. The van der Waals surface area contributed by atoms with Gasteiger partial charge in [0.2, 0.25) is 11.8 Å². The second-order valence-electron chi connectivity index (χ2n) is 13.6. The van der Waals surface area contributed by atoms with Crippen LogP contribution in [0.25, 0.3) is 0 Å². The Morgan fingerprint density at radius 3 is 2.28 bits per heavy atom. The number of nitrogens with one attached hydrogen (secondary N) is 1. The van der Waals surface area contributed by atoms with Crippen molar-refractivity contribution in [1.29, 1.82) is 0 Å². The van der Waals surface area contributed by atoms with Gasteiger partial charge in [-0.1, -0.05) is 65.2 Å². The number of phenolic OH excluding ortho intramolecular Hbond substituents is 1. The Morgan fingerprint density at radius 1 is 0.868 bits per heavy atom. The van der Waals surface area contributed by atoms with Gasteiger partial charge in [-0.05, 0) is 107 Å². The molecule has 6 atom stereocenters. The van der Waals surface area contributed by atoms with E-state index in [4.69, 9.17) is 32.7 Å². The van der Waals surface area contributed by atoms with Gasteiger partial charge in [-0.15, -0.1) is 0 Å². The Balaban J connectivity index is 1.36. The number of anilines is 2. The number of hydrogen-bond acceptors (Lipinski definition) is 8. The van der Waals surface area contributed by atoms with E-state index in [0.29, 0.717) is 36.8 Å². The highest BCUT2D eigenvalue weighted by Crippen LogP contribution is 2.64. The molecule has 2 aliphatic heterocycles. The van der Waals surface area contributed by atoms with E-state index in [1.807, 2.05) is 34.7 Å². The van der Waals surface area contributed by atoms with Crippen molar-refractivity contribution in [2.45, 2.75) is 24.2 Å². The third kappa shape index (κ3) is 5.33. The first-order valence-corrected chi connectivity index (χ1v) is 18.8. The van der Waals surface area contributed by atoms with Crippen LogP contribution in [0.5, 0.6) is 17.2 Å². The van der Waals surface area contributed by atoms with E-state index >= 15 is 4.79 Å². The normalized spacial score (nSPS) is 26.2. The lowest BCUT2D eigenvalue weighted by Gasteiger charge is -2.50. The van der Waals surface area contributed by atoms with Gasteiger partial charge >= 0.3 is 0 Å². The summed E-state index contributed by atoms with van der Waals surface area (Å²) in [7, 11) is 2.99. The molecule has 2 aliphatic carbocycles. The number of nitrogens with zero attached hydrogens (tertiary/aromatic N) is 2. The van der Waals surface area contributed by atoms with Crippen LogP contribution in [0.4, 0.5) is 11.4 Å². The number of phenols is 1. The third-order valence-corrected chi connectivity index (χ3v) is 12.6. The molecule has 2 saturated heterocycles.